The van der Waals surface area contributed by atoms with Gasteiger partial charge in [-0.3, -0.25) is 4.79 Å². The Balaban J connectivity index is 2.61. The topological polar surface area (TPSA) is 46.1 Å². The van der Waals surface area contributed by atoms with E-state index in [2.05, 4.69) is 28.2 Å². The molecule has 1 rings (SSSR count). The Morgan fingerprint density at radius 3 is 2.87 bits per heavy atom. The highest BCUT2D eigenvalue weighted by molar-refractivity contribution is 5.75. The molecule has 0 saturated carbocycles. The zero-order valence-corrected chi connectivity index (χ0v) is 9.58. The molecule has 84 valence electrons. The molecular weight excluding hydrogens is 190 g/mol. The quantitative estimate of drug-likeness (QED) is 0.757. The Kier molecular flexibility index (Phi) is 4.37. The van der Waals surface area contributed by atoms with E-state index >= 15 is 0 Å². The van der Waals surface area contributed by atoms with Gasteiger partial charge in [-0.15, -0.1) is 0 Å². The number of amides is 1. The molecule has 0 aromatic carbocycles. The van der Waals surface area contributed by atoms with E-state index < -0.39 is 0 Å². The molecule has 1 atom stereocenters. The third-order valence-corrected chi connectivity index (χ3v) is 2.60. The summed E-state index contributed by atoms with van der Waals surface area (Å²) in [7, 11) is 3.59. The summed E-state index contributed by atoms with van der Waals surface area (Å²) in [6, 6.07) is 4.39. The average molecular weight is 209 g/mol. The summed E-state index contributed by atoms with van der Waals surface area (Å²) in [6.45, 7) is 2.83. The lowest BCUT2D eigenvalue weighted by molar-refractivity contribution is -0.120. The number of rotatable bonds is 5. The van der Waals surface area contributed by atoms with E-state index in [1.165, 1.54) is 5.69 Å². The van der Waals surface area contributed by atoms with Gasteiger partial charge < -0.3 is 15.2 Å². The first-order valence-corrected chi connectivity index (χ1v) is 5.22. The maximum absolute atomic E-state index is 11.1. The van der Waals surface area contributed by atoms with Crippen molar-refractivity contribution in [1.29, 1.82) is 0 Å². The van der Waals surface area contributed by atoms with Crippen molar-refractivity contribution in [2.45, 2.75) is 25.9 Å². The van der Waals surface area contributed by atoms with Gasteiger partial charge in [0.05, 0.1) is 0 Å². The van der Waals surface area contributed by atoms with Crippen molar-refractivity contribution in [2.24, 2.45) is 0 Å². The Bertz CT molecular complexity index is 319. The molecule has 1 heterocycles. The number of aromatic nitrogens is 1. The minimum absolute atomic E-state index is 0.0757. The van der Waals surface area contributed by atoms with Crippen LogP contribution in [0.4, 0.5) is 0 Å². The summed E-state index contributed by atoms with van der Waals surface area (Å²) >= 11 is 0. The molecule has 4 heteroatoms. The molecule has 1 aromatic rings. The van der Waals surface area contributed by atoms with Crippen molar-refractivity contribution in [3.8, 4) is 0 Å². The summed E-state index contributed by atoms with van der Waals surface area (Å²) < 4.78 is 2.11. The van der Waals surface area contributed by atoms with Crippen LogP contribution in [-0.4, -0.2) is 24.6 Å². The fourth-order valence-corrected chi connectivity index (χ4v) is 1.52. The third kappa shape index (κ3) is 3.09. The van der Waals surface area contributed by atoms with Gasteiger partial charge in [-0.2, -0.15) is 0 Å². The highest BCUT2D eigenvalue weighted by Gasteiger charge is 2.08. The first-order chi connectivity index (χ1) is 7.19. The van der Waals surface area contributed by atoms with Gasteiger partial charge in [0.1, 0.15) is 0 Å². The molecule has 1 aromatic heterocycles. The Morgan fingerprint density at radius 1 is 1.53 bits per heavy atom. The molecule has 15 heavy (non-hydrogen) atoms. The highest BCUT2D eigenvalue weighted by atomic mass is 16.1. The average Bonchev–Trinajstić information content (AvgIpc) is 2.72. The van der Waals surface area contributed by atoms with Gasteiger partial charge in [-0.25, -0.2) is 0 Å². The molecule has 0 saturated heterocycles. The smallest absolute Gasteiger partial charge is 0.221 e. The van der Waals surface area contributed by atoms with Crippen molar-refractivity contribution < 1.29 is 4.79 Å². The van der Waals surface area contributed by atoms with E-state index in [4.69, 9.17) is 0 Å². The van der Waals surface area contributed by atoms with Gasteiger partial charge in [-0.05, 0) is 26.1 Å². The number of carbonyl (C=O) groups excluding carboxylic acids is 1. The van der Waals surface area contributed by atoms with Crippen LogP contribution in [0, 0.1) is 0 Å². The van der Waals surface area contributed by atoms with Crippen LogP contribution in [0.15, 0.2) is 18.3 Å². The highest BCUT2D eigenvalue weighted by Crippen LogP contribution is 2.12. The summed E-state index contributed by atoms with van der Waals surface area (Å²) in [5.74, 6) is 0.0757. The van der Waals surface area contributed by atoms with Crippen LogP contribution in [0.2, 0.25) is 0 Å². The standard InChI is InChI=1S/C11H19N3O/c1-9(12-2)10-5-4-7-14(10)8-6-11(15)13-3/h4-5,7,9,12H,6,8H2,1-3H3,(H,13,15). The molecule has 0 aliphatic rings. The van der Waals surface area contributed by atoms with E-state index in [9.17, 15) is 4.79 Å². The second-order valence-corrected chi connectivity index (χ2v) is 3.56. The number of nitrogens with one attached hydrogen (secondary N) is 2. The van der Waals surface area contributed by atoms with Crippen LogP contribution < -0.4 is 10.6 Å². The summed E-state index contributed by atoms with van der Waals surface area (Å²) in [5, 5.41) is 5.81. The lowest BCUT2D eigenvalue weighted by Crippen LogP contribution is -2.21. The molecule has 0 spiro atoms. The van der Waals surface area contributed by atoms with Gasteiger partial charge in [0.2, 0.25) is 5.91 Å². The van der Waals surface area contributed by atoms with Crippen LogP contribution >= 0.6 is 0 Å². The second-order valence-electron chi connectivity index (χ2n) is 3.56. The molecule has 2 N–H and O–H groups in total. The Morgan fingerprint density at radius 2 is 2.27 bits per heavy atom. The van der Waals surface area contributed by atoms with Crippen LogP contribution in [0.5, 0.6) is 0 Å². The fourth-order valence-electron chi connectivity index (χ4n) is 1.52. The minimum atomic E-state index is 0.0757. The number of nitrogens with zero attached hydrogens (tertiary/aromatic N) is 1. The van der Waals surface area contributed by atoms with Crippen LogP contribution in [-0.2, 0) is 11.3 Å². The molecular formula is C11H19N3O. The largest absolute Gasteiger partial charge is 0.359 e. The predicted molar refractivity (Wildman–Crippen MR) is 60.6 cm³/mol. The molecule has 0 radical (unpaired) electrons. The summed E-state index contributed by atoms with van der Waals surface area (Å²) in [5.41, 5.74) is 1.21. The monoisotopic (exact) mass is 209 g/mol. The predicted octanol–water partition coefficient (Wildman–Crippen LogP) is 0.905. The third-order valence-electron chi connectivity index (χ3n) is 2.60. The van der Waals surface area contributed by atoms with E-state index in [0.717, 1.165) is 6.54 Å². The van der Waals surface area contributed by atoms with Crippen molar-refractivity contribution >= 4 is 5.91 Å². The Labute approximate surface area is 90.7 Å². The first kappa shape index (κ1) is 11.8. The number of hydrogen-bond donors (Lipinski definition) is 2. The van der Waals surface area contributed by atoms with Crippen molar-refractivity contribution in [3.05, 3.63) is 24.0 Å². The van der Waals surface area contributed by atoms with Gasteiger partial charge in [-0.1, -0.05) is 0 Å². The molecule has 1 unspecified atom stereocenters. The second kappa shape index (κ2) is 5.56. The fraction of sp³-hybridized carbons (Fsp3) is 0.545. The molecule has 1 amide bonds. The van der Waals surface area contributed by atoms with Crippen LogP contribution in [0.3, 0.4) is 0 Å². The molecule has 0 bridgehead atoms. The first-order valence-electron chi connectivity index (χ1n) is 5.22. The SMILES string of the molecule is CNC(=O)CCn1cccc1C(C)NC. The van der Waals surface area contributed by atoms with Gasteiger partial charge in [0.15, 0.2) is 0 Å². The Hall–Kier alpha value is -1.29. The number of aryl methyl sites for hydroxylation is 1. The maximum Gasteiger partial charge on any atom is 0.221 e. The molecule has 0 aliphatic carbocycles. The molecule has 4 nitrogen and oxygen atoms in total. The summed E-state index contributed by atoms with van der Waals surface area (Å²) in [4.78, 5) is 11.1. The van der Waals surface area contributed by atoms with Gasteiger partial charge >= 0.3 is 0 Å². The van der Waals surface area contributed by atoms with E-state index in [1.807, 2.05) is 19.3 Å². The van der Waals surface area contributed by atoms with Crippen molar-refractivity contribution in [1.82, 2.24) is 15.2 Å². The molecule has 0 fully saturated rings. The zero-order valence-electron chi connectivity index (χ0n) is 9.58. The van der Waals surface area contributed by atoms with Crippen molar-refractivity contribution in [3.63, 3.8) is 0 Å². The van der Waals surface area contributed by atoms with E-state index in [-0.39, 0.29) is 5.91 Å². The minimum Gasteiger partial charge on any atom is -0.359 e. The van der Waals surface area contributed by atoms with Gasteiger partial charge in [0.25, 0.3) is 0 Å². The summed E-state index contributed by atoms with van der Waals surface area (Å²) in [6.07, 6.45) is 2.53. The van der Waals surface area contributed by atoms with Crippen molar-refractivity contribution in [2.75, 3.05) is 14.1 Å². The number of hydrogen-bond acceptors (Lipinski definition) is 2. The maximum atomic E-state index is 11.1. The van der Waals surface area contributed by atoms with Gasteiger partial charge in [0, 0.05) is 37.9 Å². The van der Waals surface area contributed by atoms with Crippen LogP contribution in [0.25, 0.3) is 0 Å². The van der Waals surface area contributed by atoms with E-state index in [1.54, 1.807) is 7.05 Å². The lowest BCUT2D eigenvalue weighted by atomic mass is 10.2. The lowest BCUT2D eigenvalue weighted by Gasteiger charge is -2.14. The zero-order chi connectivity index (χ0) is 11.3. The molecule has 0 aliphatic heterocycles. The van der Waals surface area contributed by atoms with Crippen LogP contribution in [0.1, 0.15) is 25.1 Å². The number of carbonyl (C=O) groups is 1. The van der Waals surface area contributed by atoms with E-state index in [0.29, 0.717) is 12.5 Å². The normalized spacial score (nSPS) is 12.5.